The summed E-state index contributed by atoms with van der Waals surface area (Å²) in [6.45, 7) is 5.35. The normalized spacial score (nSPS) is 21.6. The molecule has 3 heterocycles. The second-order valence-electron chi connectivity index (χ2n) is 9.37. The molecule has 33 heavy (non-hydrogen) atoms. The van der Waals surface area contributed by atoms with Crippen molar-refractivity contribution in [2.45, 2.75) is 44.4 Å². The van der Waals surface area contributed by atoms with Crippen molar-refractivity contribution in [1.82, 2.24) is 9.91 Å². The van der Waals surface area contributed by atoms with Gasteiger partial charge in [0.25, 0.3) is 0 Å². The van der Waals surface area contributed by atoms with Crippen LogP contribution in [-0.2, 0) is 0 Å². The first-order valence-electron chi connectivity index (χ1n) is 11.8. The van der Waals surface area contributed by atoms with Gasteiger partial charge in [-0.3, -0.25) is 0 Å². The summed E-state index contributed by atoms with van der Waals surface area (Å²) >= 11 is 13.1. The van der Waals surface area contributed by atoms with E-state index in [0.717, 1.165) is 67.9 Å². The van der Waals surface area contributed by atoms with Crippen LogP contribution >= 0.6 is 23.2 Å². The van der Waals surface area contributed by atoms with Gasteiger partial charge in [-0.2, -0.15) is 5.10 Å². The van der Waals surface area contributed by atoms with Crippen molar-refractivity contribution in [2.75, 3.05) is 19.6 Å². The van der Waals surface area contributed by atoms with E-state index in [1.54, 1.807) is 6.07 Å². The summed E-state index contributed by atoms with van der Waals surface area (Å²) < 4.78 is 6.74. The van der Waals surface area contributed by atoms with Crippen LogP contribution in [0.15, 0.2) is 59.7 Å². The first-order chi connectivity index (χ1) is 16.1. The number of benzene rings is 3. The fourth-order valence-corrected chi connectivity index (χ4v) is 6.16. The van der Waals surface area contributed by atoms with Crippen LogP contribution in [0.4, 0.5) is 0 Å². The average molecular weight is 480 g/mol. The molecular formula is C27H27Cl2N3O. The van der Waals surface area contributed by atoms with Crippen molar-refractivity contribution in [3.63, 3.8) is 0 Å². The first kappa shape index (κ1) is 21.3. The van der Waals surface area contributed by atoms with Crippen LogP contribution in [0.3, 0.4) is 0 Å². The molecule has 1 fully saturated rings. The number of hydrogen-bond acceptors (Lipinski definition) is 4. The van der Waals surface area contributed by atoms with Gasteiger partial charge >= 0.3 is 0 Å². The number of nitrogens with zero attached hydrogens (tertiary/aromatic N) is 3. The Morgan fingerprint density at radius 2 is 1.82 bits per heavy atom. The zero-order valence-corrected chi connectivity index (χ0v) is 20.2. The number of hydrazone groups is 1. The first-order valence-corrected chi connectivity index (χ1v) is 12.6. The van der Waals surface area contributed by atoms with E-state index in [9.17, 15) is 0 Å². The molecule has 1 atom stereocenters. The van der Waals surface area contributed by atoms with Gasteiger partial charge in [0.2, 0.25) is 5.72 Å². The molecule has 6 heteroatoms. The standard InChI is InChI=1S/C27H27Cl2N3O/c1-2-11-31-12-9-27(10-13-31)32-25(22-15-21(28)16-23(29)26(22)33-27)17-24(30-32)20-8-7-18-5-3-4-6-19(18)14-20/h3-8,14-16,25H,2,9-13,17H2,1H3/t25-/m0/s1. The van der Waals surface area contributed by atoms with Crippen molar-refractivity contribution in [3.8, 4) is 5.75 Å². The molecule has 0 bridgehead atoms. The van der Waals surface area contributed by atoms with Crippen LogP contribution in [0.1, 0.15) is 49.8 Å². The molecule has 4 nitrogen and oxygen atoms in total. The van der Waals surface area contributed by atoms with Crippen LogP contribution in [0.25, 0.3) is 10.8 Å². The van der Waals surface area contributed by atoms with Gasteiger partial charge < -0.3 is 9.64 Å². The number of likely N-dealkylation sites (tertiary alicyclic amines) is 1. The smallest absolute Gasteiger partial charge is 0.200 e. The molecule has 0 unspecified atom stereocenters. The van der Waals surface area contributed by atoms with Crippen LogP contribution in [0.2, 0.25) is 10.0 Å². The molecule has 1 spiro atoms. The van der Waals surface area contributed by atoms with E-state index >= 15 is 0 Å². The SMILES string of the molecule is CCCN1CCC2(CC1)Oc1c(Cl)cc(Cl)cc1[C@@H]1CC(c3ccc4ccccc4c3)=NN12. The molecule has 0 aromatic heterocycles. The summed E-state index contributed by atoms with van der Waals surface area (Å²) in [5.41, 5.74) is 2.82. The minimum absolute atomic E-state index is 0.0733. The molecule has 170 valence electrons. The Morgan fingerprint density at radius 1 is 1.03 bits per heavy atom. The Hall–Kier alpha value is -2.27. The Labute approximate surface area is 204 Å². The highest BCUT2D eigenvalue weighted by atomic mass is 35.5. The molecule has 0 radical (unpaired) electrons. The Bertz CT molecular complexity index is 1250. The molecule has 0 N–H and O–H groups in total. The van der Waals surface area contributed by atoms with Crippen LogP contribution in [0.5, 0.6) is 5.75 Å². The lowest BCUT2D eigenvalue weighted by Gasteiger charge is -2.51. The third-order valence-electron chi connectivity index (χ3n) is 7.28. The van der Waals surface area contributed by atoms with E-state index in [-0.39, 0.29) is 6.04 Å². The molecular weight excluding hydrogens is 453 g/mol. The monoisotopic (exact) mass is 479 g/mol. The van der Waals surface area contributed by atoms with E-state index in [4.69, 9.17) is 33.0 Å². The summed E-state index contributed by atoms with van der Waals surface area (Å²) in [5, 5.41) is 11.1. The quantitative estimate of drug-likeness (QED) is 0.409. The second-order valence-corrected chi connectivity index (χ2v) is 10.2. The van der Waals surface area contributed by atoms with Crippen molar-refractivity contribution >= 4 is 39.7 Å². The lowest BCUT2D eigenvalue weighted by molar-refractivity contribution is -0.149. The van der Waals surface area contributed by atoms with Crippen LogP contribution in [-0.4, -0.2) is 41.0 Å². The molecule has 6 rings (SSSR count). The zero-order chi connectivity index (χ0) is 22.6. The van der Waals surface area contributed by atoms with Gasteiger partial charge in [-0.15, -0.1) is 0 Å². The summed E-state index contributed by atoms with van der Waals surface area (Å²) in [4.78, 5) is 2.52. The van der Waals surface area contributed by atoms with Crippen molar-refractivity contribution in [2.24, 2.45) is 5.10 Å². The number of fused-ring (bicyclic) bond motifs is 5. The third-order valence-corrected chi connectivity index (χ3v) is 7.77. The summed E-state index contributed by atoms with van der Waals surface area (Å²) in [5.74, 6) is 0.779. The van der Waals surface area contributed by atoms with E-state index in [1.807, 2.05) is 6.07 Å². The molecule has 0 aliphatic carbocycles. The highest BCUT2D eigenvalue weighted by Gasteiger charge is 2.52. The van der Waals surface area contributed by atoms with Crippen LogP contribution < -0.4 is 4.74 Å². The van der Waals surface area contributed by atoms with Gasteiger partial charge in [0.05, 0.1) is 16.8 Å². The third kappa shape index (κ3) is 3.60. The van der Waals surface area contributed by atoms with Gasteiger partial charge in [-0.05, 0) is 47.5 Å². The molecule has 3 aromatic carbocycles. The molecule has 0 amide bonds. The number of piperidine rings is 1. The Morgan fingerprint density at radius 3 is 2.61 bits per heavy atom. The van der Waals surface area contributed by atoms with E-state index in [0.29, 0.717) is 10.0 Å². The lowest BCUT2D eigenvalue weighted by atomic mass is 9.90. The van der Waals surface area contributed by atoms with Gasteiger partial charge in [-0.25, -0.2) is 5.01 Å². The molecule has 1 saturated heterocycles. The predicted molar refractivity (Wildman–Crippen MR) is 135 cm³/mol. The highest BCUT2D eigenvalue weighted by molar-refractivity contribution is 6.35. The van der Waals surface area contributed by atoms with Crippen molar-refractivity contribution in [1.29, 1.82) is 0 Å². The van der Waals surface area contributed by atoms with Gasteiger partial charge in [0.1, 0.15) is 5.75 Å². The maximum Gasteiger partial charge on any atom is 0.200 e. The minimum Gasteiger partial charge on any atom is -0.464 e. The minimum atomic E-state index is -0.474. The average Bonchev–Trinajstić information content (AvgIpc) is 3.28. The second kappa shape index (κ2) is 8.19. The zero-order valence-electron chi connectivity index (χ0n) is 18.7. The van der Waals surface area contributed by atoms with E-state index < -0.39 is 5.72 Å². The van der Waals surface area contributed by atoms with Gasteiger partial charge in [0, 0.05) is 42.9 Å². The number of hydrogen-bond donors (Lipinski definition) is 0. The topological polar surface area (TPSA) is 28.1 Å². The molecule has 3 aliphatic rings. The maximum absolute atomic E-state index is 6.74. The van der Waals surface area contributed by atoms with Crippen LogP contribution in [0, 0.1) is 0 Å². The van der Waals surface area contributed by atoms with Crippen molar-refractivity contribution in [3.05, 3.63) is 75.8 Å². The Balaban J connectivity index is 1.42. The molecule has 3 aliphatic heterocycles. The summed E-state index contributed by atoms with van der Waals surface area (Å²) in [6.07, 6.45) is 3.77. The lowest BCUT2D eigenvalue weighted by Crippen LogP contribution is -2.59. The predicted octanol–water partition coefficient (Wildman–Crippen LogP) is 6.89. The maximum atomic E-state index is 6.74. The van der Waals surface area contributed by atoms with E-state index in [1.165, 1.54) is 10.8 Å². The van der Waals surface area contributed by atoms with Crippen molar-refractivity contribution < 1.29 is 4.74 Å². The van der Waals surface area contributed by atoms with Gasteiger partial charge in [0.15, 0.2) is 0 Å². The number of ether oxygens (including phenoxy) is 1. The van der Waals surface area contributed by atoms with E-state index in [2.05, 4.69) is 59.3 Å². The van der Waals surface area contributed by atoms with Gasteiger partial charge in [-0.1, -0.05) is 66.5 Å². The highest BCUT2D eigenvalue weighted by Crippen LogP contribution is 2.52. The number of halogens is 2. The fourth-order valence-electron chi connectivity index (χ4n) is 5.62. The number of rotatable bonds is 3. The molecule has 0 saturated carbocycles. The largest absolute Gasteiger partial charge is 0.464 e. The summed E-state index contributed by atoms with van der Waals surface area (Å²) in [6, 6.07) is 18.9. The summed E-state index contributed by atoms with van der Waals surface area (Å²) in [7, 11) is 0. The molecule has 3 aromatic rings. The fraction of sp³-hybridized carbons (Fsp3) is 0.370. The Kier molecular flexibility index (Phi) is 5.28.